The first-order chi connectivity index (χ1) is 7.19. The summed E-state index contributed by atoms with van der Waals surface area (Å²) in [5, 5.41) is 0. The molecule has 1 saturated carbocycles. The maximum Gasteiger partial charge on any atom is 0.0249 e. The number of nitrogens with two attached hydrogens (primary N) is 1. The molecule has 3 atom stereocenters. The van der Waals surface area contributed by atoms with Crippen molar-refractivity contribution in [1.29, 1.82) is 0 Å². The smallest absolute Gasteiger partial charge is 0.0249 e. The Balaban J connectivity index is 2.54. The van der Waals surface area contributed by atoms with Crippen molar-refractivity contribution in [3.63, 3.8) is 0 Å². The Kier molecular flexibility index (Phi) is 5.62. The zero-order chi connectivity index (χ0) is 11.3. The van der Waals surface area contributed by atoms with Crippen LogP contribution >= 0.6 is 0 Å². The maximum absolute atomic E-state index is 6.26. The molecular formula is C13H28N2. The number of nitrogens with zero attached hydrogens (tertiary/aromatic N) is 1. The molecule has 1 aliphatic rings. The molecule has 2 heteroatoms. The maximum atomic E-state index is 6.26. The Morgan fingerprint density at radius 3 is 2.27 bits per heavy atom. The molecule has 1 rings (SSSR count). The second-order valence-electron chi connectivity index (χ2n) is 5.19. The van der Waals surface area contributed by atoms with Gasteiger partial charge in [-0.15, -0.1) is 0 Å². The van der Waals surface area contributed by atoms with Crippen LogP contribution in [0.1, 0.15) is 52.9 Å². The molecule has 90 valence electrons. The van der Waals surface area contributed by atoms with Gasteiger partial charge >= 0.3 is 0 Å². The molecule has 1 fully saturated rings. The average molecular weight is 212 g/mol. The summed E-state index contributed by atoms with van der Waals surface area (Å²) >= 11 is 0. The zero-order valence-corrected chi connectivity index (χ0v) is 10.7. The predicted octanol–water partition coefficient (Wildman–Crippen LogP) is 2.62. The van der Waals surface area contributed by atoms with Gasteiger partial charge < -0.3 is 5.73 Å². The molecule has 0 amide bonds. The van der Waals surface area contributed by atoms with Gasteiger partial charge in [-0.3, -0.25) is 4.90 Å². The van der Waals surface area contributed by atoms with Gasteiger partial charge in [0.15, 0.2) is 0 Å². The first-order valence-electron chi connectivity index (χ1n) is 6.68. The van der Waals surface area contributed by atoms with E-state index in [9.17, 15) is 0 Å². The van der Waals surface area contributed by atoms with Crippen molar-refractivity contribution in [3.05, 3.63) is 0 Å². The lowest BCUT2D eigenvalue weighted by atomic mass is 9.83. The molecule has 3 unspecified atom stereocenters. The molecule has 0 bridgehead atoms. The van der Waals surface area contributed by atoms with Crippen molar-refractivity contribution >= 4 is 0 Å². The summed E-state index contributed by atoms with van der Waals surface area (Å²) in [5.41, 5.74) is 6.26. The molecule has 2 N–H and O–H groups in total. The normalized spacial score (nSPS) is 32.2. The van der Waals surface area contributed by atoms with Crippen LogP contribution in [0.4, 0.5) is 0 Å². The number of rotatable bonds is 5. The second kappa shape index (κ2) is 6.49. The molecule has 0 heterocycles. The van der Waals surface area contributed by atoms with Gasteiger partial charge in [-0.2, -0.15) is 0 Å². The summed E-state index contributed by atoms with van der Waals surface area (Å²) in [6.45, 7) is 9.34. The lowest BCUT2D eigenvalue weighted by molar-refractivity contribution is 0.116. The van der Waals surface area contributed by atoms with Gasteiger partial charge in [0.05, 0.1) is 0 Å². The summed E-state index contributed by atoms with van der Waals surface area (Å²) in [6, 6.07) is 1.06. The minimum atomic E-state index is 0.416. The van der Waals surface area contributed by atoms with Crippen LogP contribution in [-0.2, 0) is 0 Å². The van der Waals surface area contributed by atoms with E-state index in [1.165, 1.54) is 45.2 Å². The molecule has 0 aromatic rings. The number of hydrogen-bond donors (Lipinski definition) is 1. The molecule has 2 nitrogen and oxygen atoms in total. The largest absolute Gasteiger partial charge is 0.326 e. The highest BCUT2D eigenvalue weighted by molar-refractivity contribution is 4.88. The first kappa shape index (κ1) is 13.0. The topological polar surface area (TPSA) is 29.3 Å². The molecule has 0 aromatic carbocycles. The lowest BCUT2D eigenvalue weighted by Crippen LogP contribution is -2.51. The monoisotopic (exact) mass is 212 g/mol. The van der Waals surface area contributed by atoms with Gasteiger partial charge in [-0.25, -0.2) is 0 Å². The molecule has 0 spiro atoms. The fourth-order valence-corrected chi connectivity index (χ4v) is 2.81. The summed E-state index contributed by atoms with van der Waals surface area (Å²) in [5.74, 6) is 0.867. The van der Waals surface area contributed by atoms with E-state index >= 15 is 0 Å². The Bertz CT molecular complexity index is 164. The summed E-state index contributed by atoms with van der Waals surface area (Å²) in [6.07, 6.45) is 6.34. The van der Waals surface area contributed by atoms with Crippen LogP contribution in [0.5, 0.6) is 0 Å². The van der Waals surface area contributed by atoms with E-state index in [1.807, 2.05) is 0 Å². The fraction of sp³-hybridized carbons (Fsp3) is 1.00. The molecule has 0 saturated heterocycles. The SMILES string of the molecule is CCCN(CCC)C1CC(C)CCC1N. The van der Waals surface area contributed by atoms with E-state index in [0.717, 1.165) is 5.92 Å². The Labute approximate surface area is 95.2 Å². The molecular weight excluding hydrogens is 184 g/mol. The van der Waals surface area contributed by atoms with Gasteiger partial charge in [0.25, 0.3) is 0 Å². The van der Waals surface area contributed by atoms with Crippen molar-refractivity contribution in [2.45, 2.75) is 65.0 Å². The summed E-state index contributed by atoms with van der Waals surface area (Å²) in [4.78, 5) is 2.63. The minimum absolute atomic E-state index is 0.416. The summed E-state index contributed by atoms with van der Waals surface area (Å²) in [7, 11) is 0. The van der Waals surface area contributed by atoms with Gasteiger partial charge in [-0.05, 0) is 51.1 Å². The Morgan fingerprint density at radius 1 is 1.13 bits per heavy atom. The van der Waals surface area contributed by atoms with Gasteiger partial charge in [0.2, 0.25) is 0 Å². The highest BCUT2D eigenvalue weighted by Gasteiger charge is 2.29. The molecule has 0 radical (unpaired) electrons. The van der Waals surface area contributed by atoms with E-state index in [2.05, 4.69) is 25.7 Å². The Hall–Kier alpha value is -0.0800. The standard InChI is InChI=1S/C13H28N2/c1-4-8-15(9-5-2)13-10-11(3)6-7-12(13)14/h11-13H,4-10,14H2,1-3H3. The summed E-state index contributed by atoms with van der Waals surface area (Å²) < 4.78 is 0. The lowest BCUT2D eigenvalue weighted by Gasteiger charge is -2.40. The van der Waals surface area contributed by atoms with E-state index in [4.69, 9.17) is 5.73 Å². The van der Waals surface area contributed by atoms with E-state index in [-0.39, 0.29) is 0 Å². The molecule has 0 aromatic heterocycles. The first-order valence-corrected chi connectivity index (χ1v) is 6.68. The highest BCUT2D eigenvalue weighted by Crippen LogP contribution is 2.26. The van der Waals surface area contributed by atoms with Gasteiger partial charge in [-0.1, -0.05) is 20.8 Å². The van der Waals surface area contributed by atoms with Crippen LogP contribution in [0.15, 0.2) is 0 Å². The third kappa shape index (κ3) is 3.76. The van der Waals surface area contributed by atoms with Crippen LogP contribution in [-0.4, -0.2) is 30.1 Å². The van der Waals surface area contributed by atoms with Crippen LogP contribution in [0.2, 0.25) is 0 Å². The molecule has 1 aliphatic carbocycles. The highest BCUT2D eigenvalue weighted by atomic mass is 15.2. The average Bonchev–Trinajstić information content (AvgIpc) is 2.21. The van der Waals surface area contributed by atoms with Crippen LogP contribution in [0, 0.1) is 5.92 Å². The van der Waals surface area contributed by atoms with Crippen molar-refractivity contribution in [3.8, 4) is 0 Å². The fourth-order valence-electron chi connectivity index (χ4n) is 2.81. The molecule has 0 aliphatic heterocycles. The quantitative estimate of drug-likeness (QED) is 0.759. The van der Waals surface area contributed by atoms with Crippen LogP contribution < -0.4 is 5.73 Å². The van der Waals surface area contributed by atoms with Crippen LogP contribution in [0.25, 0.3) is 0 Å². The number of hydrogen-bond acceptors (Lipinski definition) is 2. The van der Waals surface area contributed by atoms with Crippen molar-refractivity contribution in [2.75, 3.05) is 13.1 Å². The van der Waals surface area contributed by atoms with Gasteiger partial charge in [0.1, 0.15) is 0 Å². The van der Waals surface area contributed by atoms with E-state index in [1.54, 1.807) is 0 Å². The third-order valence-electron chi connectivity index (χ3n) is 3.62. The van der Waals surface area contributed by atoms with Crippen molar-refractivity contribution < 1.29 is 0 Å². The van der Waals surface area contributed by atoms with Crippen LogP contribution in [0.3, 0.4) is 0 Å². The minimum Gasteiger partial charge on any atom is -0.326 e. The van der Waals surface area contributed by atoms with Crippen molar-refractivity contribution in [1.82, 2.24) is 4.90 Å². The van der Waals surface area contributed by atoms with E-state index in [0.29, 0.717) is 12.1 Å². The predicted molar refractivity (Wildman–Crippen MR) is 66.9 cm³/mol. The zero-order valence-electron chi connectivity index (χ0n) is 10.7. The van der Waals surface area contributed by atoms with Crippen molar-refractivity contribution in [2.24, 2.45) is 11.7 Å². The van der Waals surface area contributed by atoms with Gasteiger partial charge in [0, 0.05) is 12.1 Å². The second-order valence-corrected chi connectivity index (χ2v) is 5.19. The molecule has 15 heavy (non-hydrogen) atoms. The van der Waals surface area contributed by atoms with E-state index < -0.39 is 0 Å². The Morgan fingerprint density at radius 2 is 1.73 bits per heavy atom. The third-order valence-corrected chi connectivity index (χ3v) is 3.62.